The predicted molar refractivity (Wildman–Crippen MR) is 120 cm³/mol. The predicted octanol–water partition coefficient (Wildman–Crippen LogP) is 5.83. The van der Waals surface area contributed by atoms with Gasteiger partial charge >= 0.3 is 0 Å². The Bertz CT molecular complexity index is 1200. The van der Waals surface area contributed by atoms with Gasteiger partial charge in [0.05, 0.1) is 5.56 Å². The maximum Gasteiger partial charge on any atom is 0.273 e. The molecule has 4 rings (SSSR count). The van der Waals surface area contributed by atoms with Crippen molar-refractivity contribution in [1.29, 1.82) is 0 Å². The van der Waals surface area contributed by atoms with Gasteiger partial charge < -0.3 is 10.1 Å². The van der Waals surface area contributed by atoms with E-state index in [0.29, 0.717) is 29.8 Å². The monoisotopic (exact) mass is 468 g/mol. The van der Waals surface area contributed by atoms with Gasteiger partial charge in [-0.25, -0.2) is 18.2 Å². The third-order valence-electron chi connectivity index (χ3n) is 5.40. The van der Waals surface area contributed by atoms with Crippen LogP contribution in [0.15, 0.2) is 60.8 Å². The number of hydrogen-bond acceptors (Lipinski definition) is 4. The first-order valence-corrected chi connectivity index (χ1v) is 10.9. The summed E-state index contributed by atoms with van der Waals surface area (Å²) in [5, 5.41) is 2.77. The molecule has 1 aliphatic carbocycles. The van der Waals surface area contributed by atoms with E-state index in [1.165, 1.54) is 6.07 Å². The van der Waals surface area contributed by atoms with E-state index in [1.807, 2.05) is 0 Å². The van der Waals surface area contributed by atoms with E-state index in [-0.39, 0.29) is 30.4 Å². The zero-order chi connectivity index (χ0) is 24.3. The SMILES string of the molecule is CC(F)(F)c1cc(CC(=O)Cc2ccc(Oc3ccnc(NC(=O)C4CC4)c3)cc2)ccc1F. The number of ether oxygens (including phenoxy) is 1. The van der Waals surface area contributed by atoms with Gasteiger partial charge in [-0.3, -0.25) is 9.59 Å². The summed E-state index contributed by atoms with van der Waals surface area (Å²) in [6.07, 6.45) is 3.36. The Kier molecular flexibility index (Phi) is 6.68. The number of alkyl halides is 2. The highest BCUT2D eigenvalue weighted by atomic mass is 19.3. The number of anilines is 1. The first kappa shape index (κ1) is 23.5. The highest BCUT2D eigenvalue weighted by molar-refractivity contribution is 5.93. The molecular weight excluding hydrogens is 445 g/mol. The topological polar surface area (TPSA) is 68.3 Å². The molecule has 0 saturated heterocycles. The van der Waals surface area contributed by atoms with Crippen LogP contribution in [0.2, 0.25) is 0 Å². The van der Waals surface area contributed by atoms with Crippen molar-refractivity contribution in [3.63, 3.8) is 0 Å². The van der Waals surface area contributed by atoms with Crippen LogP contribution >= 0.6 is 0 Å². The standard InChI is InChI=1S/C26H23F3N2O3/c1-26(28,29)22-14-17(4-9-23(22)27)13-19(32)12-16-2-7-20(8-3-16)34-21-10-11-30-24(15-21)31-25(33)18-5-6-18/h2-4,7-11,14-15,18H,5-6,12-13H2,1H3,(H,30,31,33). The number of ketones is 1. The lowest BCUT2D eigenvalue weighted by atomic mass is 9.99. The number of pyridine rings is 1. The average molecular weight is 468 g/mol. The number of rotatable bonds is 9. The van der Waals surface area contributed by atoms with E-state index in [1.54, 1.807) is 42.6 Å². The van der Waals surface area contributed by atoms with Crippen molar-refractivity contribution in [2.24, 2.45) is 5.92 Å². The Labute approximate surface area is 195 Å². The molecule has 0 radical (unpaired) electrons. The molecule has 176 valence electrons. The number of amides is 1. The van der Waals surface area contributed by atoms with Gasteiger partial charge in [0.15, 0.2) is 0 Å². The number of Topliss-reactive ketones (excluding diaryl/α,β-unsaturated/α-hetero) is 1. The normalized spacial score (nSPS) is 13.4. The molecule has 1 fully saturated rings. The summed E-state index contributed by atoms with van der Waals surface area (Å²) in [6.45, 7) is 0.623. The van der Waals surface area contributed by atoms with Crippen LogP contribution in [0.3, 0.4) is 0 Å². The van der Waals surface area contributed by atoms with Crippen molar-refractivity contribution in [3.05, 3.63) is 83.3 Å². The Morgan fingerprint density at radius 3 is 2.35 bits per heavy atom. The highest BCUT2D eigenvalue weighted by Gasteiger charge is 2.30. The van der Waals surface area contributed by atoms with Crippen LogP contribution in [-0.2, 0) is 28.4 Å². The van der Waals surface area contributed by atoms with Gasteiger partial charge in [-0.15, -0.1) is 0 Å². The molecule has 3 aromatic rings. The van der Waals surface area contributed by atoms with Gasteiger partial charge in [-0.2, -0.15) is 0 Å². The van der Waals surface area contributed by atoms with E-state index in [9.17, 15) is 22.8 Å². The van der Waals surface area contributed by atoms with E-state index in [4.69, 9.17) is 4.74 Å². The van der Waals surface area contributed by atoms with Crippen molar-refractivity contribution >= 4 is 17.5 Å². The Morgan fingerprint density at radius 2 is 1.68 bits per heavy atom. The minimum Gasteiger partial charge on any atom is -0.457 e. The lowest BCUT2D eigenvalue weighted by Gasteiger charge is -2.13. The largest absolute Gasteiger partial charge is 0.457 e. The molecule has 2 aromatic carbocycles. The molecule has 1 aliphatic rings. The van der Waals surface area contributed by atoms with Crippen molar-refractivity contribution in [2.45, 2.75) is 38.5 Å². The Morgan fingerprint density at radius 1 is 1.00 bits per heavy atom. The number of hydrogen-bond donors (Lipinski definition) is 1. The maximum atomic E-state index is 13.7. The fraction of sp³-hybridized carbons (Fsp3) is 0.269. The molecule has 8 heteroatoms. The van der Waals surface area contributed by atoms with Crippen LogP contribution < -0.4 is 10.1 Å². The lowest BCUT2D eigenvalue weighted by Crippen LogP contribution is -2.14. The third kappa shape index (κ3) is 6.21. The summed E-state index contributed by atoms with van der Waals surface area (Å²) < 4.78 is 46.5. The third-order valence-corrected chi connectivity index (χ3v) is 5.40. The molecule has 0 spiro atoms. The second-order valence-electron chi connectivity index (χ2n) is 8.48. The average Bonchev–Trinajstić information content (AvgIpc) is 3.62. The number of aromatic nitrogens is 1. The molecule has 1 N–H and O–H groups in total. The van der Waals surface area contributed by atoms with Crippen LogP contribution in [0.25, 0.3) is 0 Å². The number of nitrogens with zero attached hydrogens (tertiary/aromatic N) is 1. The van der Waals surface area contributed by atoms with Crippen LogP contribution in [0, 0.1) is 11.7 Å². The summed E-state index contributed by atoms with van der Waals surface area (Å²) in [6, 6.07) is 13.5. The number of carbonyl (C=O) groups excluding carboxylic acids is 2. The van der Waals surface area contributed by atoms with Gasteiger partial charge in [-0.1, -0.05) is 18.2 Å². The summed E-state index contributed by atoms with van der Waals surface area (Å²) in [5.41, 5.74) is 0.350. The molecule has 34 heavy (non-hydrogen) atoms. The molecule has 0 bridgehead atoms. The quantitative estimate of drug-likeness (QED) is 0.429. The second-order valence-corrected chi connectivity index (χ2v) is 8.48. The molecule has 1 saturated carbocycles. The summed E-state index contributed by atoms with van der Waals surface area (Å²) >= 11 is 0. The smallest absolute Gasteiger partial charge is 0.273 e. The van der Waals surface area contributed by atoms with Crippen LogP contribution in [0.4, 0.5) is 19.0 Å². The first-order valence-electron chi connectivity index (χ1n) is 10.9. The van der Waals surface area contributed by atoms with Crippen molar-refractivity contribution in [1.82, 2.24) is 4.98 Å². The molecule has 0 aliphatic heterocycles. The minimum absolute atomic E-state index is 0.0427. The summed E-state index contributed by atoms with van der Waals surface area (Å²) in [5.74, 6) is -3.02. The van der Waals surface area contributed by atoms with E-state index in [2.05, 4.69) is 10.3 Å². The summed E-state index contributed by atoms with van der Waals surface area (Å²) in [4.78, 5) is 28.4. The number of nitrogens with one attached hydrogen (secondary N) is 1. The molecule has 1 aromatic heterocycles. The number of benzene rings is 2. The van der Waals surface area contributed by atoms with Gasteiger partial charge in [0.2, 0.25) is 5.91 Å². The fourth-order valence-electron chi connectivity index (χ4n) is 3.46. The van der Waals surface area contributed by atoms with E-state index in [0.717, 1.165) is 30.5 Å². The van der Waals surface area contributed by atoms with Crippen molar-refractivity contribution in [3.8, 4) is 11.5 Å². The first-order chi connectivity index (χ1) is 16.2. The van der Waals surface area contributed by atoms with Crippen LogP contribution in [-0.4, -0.2) is 16.7 Å². The van der Waals surface area contributed by atoms with Gasteiger partial charge in [-0.05, 0) is 54.3 Å². The maximum absolute atomic E-state index is 13.7. The van der Waals surface area contributed by atoms with E-state index >= 15 is 0 Å². The minimum atomic E-state index is -3.32. The zero-order valence-electron chi connectivity index (χ0n) is 18.5. The Balaban J connectivity index is 1.34. The molecular formula is C26H23F3N2O3. The van der Waals surface area contributed by atoms with Crippen LogP contribution in [0.1, 0.15) is 36.5 Å². The van der Waals surface area contributed by atoms with Crippen molar-refractivity contribution < 1.29 is 27.5 Å². The number of carbonyl (C=O) groups is 2. The molecule has 0 atom stereocenters. The van der Waals surface area contributed by atoms with E-state index < -0.39 is 17.3 Å². The highest BCUT2D eigenvalue weighted by Crippen LogP contribution is 2.31. The molecule has 1 heterocycles. The van der Waals surface area contributed by atoms with Gasteiger partial charge in [0, 0.05) is 37.9 Å². The zero-order valence-corrected chi connectivity index (χ0v) is 18.5. The van der Waals surface area contributed by atoms with Crippen LogP contribution in [0.5, 0.6) is 11.5 Å². The Hall–Kier alpha value is -3.68. The fourth-order valence-corrected chi connectivity index (χ4v) is 3.46. The summed E-state index contributed by atoms with van der Waals surface area (Å²) in [7, 11) is 0. The second kappa shape index (κ2) is 9.67. The van der Waals surface area contributed by atoms with Gasteiger partial charge in [0.25, 0.3) is 5.92 Å². The molecule has 5 nitrogen and oxygen atoms in total. The van der Waals surface area contributed by atoms with Crippen molar-refractivity contribution in [2.75, 3.05) is 5.32 Å². The molecule has 1 amide bonds. The lowest BCUT2D eigenvalue weighted by molar-refractivity contribution is -0.118. The van der Waals surface area contributed by atoms with Gasteiger partial charge in [0.1, 0.15) is 28.9 Å². The number of halogens is 3. The molecule has 0 unspecified atom stereocenters.